The number of rotatable bonds is 4. The zero-order chi connectivity index (χ0) is 10.2. The first-order valence-electron chi connectivity index (χ1n) is 4.92. The van der Waals surface area contributed by atoms with Crippen molar-refractivity contribution in [3.8, 4) is 0 Å². The third-order valence-electron chi connectivity index (χ3n) is 2.83. The Morgan fingerprint density at radius 2 is 1.92 bits per heavy atom. The molecule has 1 aliphatic heterocycles. The van der Waals surface area contributed by atoms with Crippen LogP contribution in [0.1, 0.15) is 34.1 Å². The van der Waals surface area contributed by atoms with Crippen molar-refractivity contribution < 1.29 is 8.42 Å². The summed E-state index contributed by atoms with van der Waals surface area (Å²) < 4.78 is 24.9. The highest BCUT2D eigenvalue weighted by Gasteiger charge is 2.46. The molecule has 13 heavy (non-hydrogen) atoms. The maximum absolute atomic E-state index is 11.6. The van der Waals surface area contributed by atoms with E-state index in [0.717, 1.165) is 13.0 Å². The van der Waals surface area contributed by atoms with Crippen LogP contribution in [0.15, 0.2) is 0 Å². The van der Waals surface area contributed by atoms with Crippen LogP contribution in [0, 0.1) is 5.92 Å². The van der Waals surface area contributed by atoms with Crippen molar-refractivity contribution in [2.75, 3.05) is 6.54 Å². The van der Waals surface area contributed by atoms with Gasteiger partial charge in [0.15, 0.2) is 0 Å². The molecule has 1 fully saturated rings. The van der Waals surface area contributed by atoms with E-state index < -0.39 is 10.0 Å². The minimum atomic E-state index is -2.97. The lowest BCUT2D eigenvalue weighted by atomic mass is 10.1. The van der Waals surface area contributed by atoms with Gasteiger partial charge in [0.25, 0.3) is 0 Å². The molecule has 0 aromatic heterocycles. The summed E-state index contributed by atoms with van der Waals surface area (Å²) in [6.45, 7) is 8.42. The highest BCUT2D eigenvalue weighted by Crippen LogP contribution is 2.32. The van der Waals surface area contributed by atoms with Gasteiger partial charge >= 0.3 is 0 Å². The van der Waals surface area contributed by atoms with Crippen LogP contribution in [0.25, 0.3) is 0 Å². The first-order valence-corrected chi connectivity index (χ1v) is 6.42. The normalized spacial score (nSPS) is 30.5. The Morgan fingerprint density at radius 1 is 1.38 bits per heavy atom. The van der Waals surface area contributed by atoms with Gasteiger partial charge in [-0.05, 0) is 19.8 Å². The predicted octanol–water partition coefficient (Wildman–Crippen LogP) is 1.45. The third-order valence-corrected chi connectivity index (χ3v) is 5.09. The first kappa shape index (κ1) is 11.0. The minimum absolute atomic E-state index is 0.275. The van der Waals surface area contributed by atoms with Gasteiger partial charge < -0.3 is 0 Å². The smallest absolute Gasteiger partial charge is 0.212 e. The van der Waals surface area contributed by atoms with Gasteiger partial charge in [0.2, 0.25) is 10.0 Å². The lowest BCUT2D eigenvalue weighted by Crippen LogP contribution is -2.25. The van der Waals surface area contributed by atoms with E-state index in [-0.39, 0.29) is 11.3 Å². The molecule has 3 nitrogen and oxygen atoms in total. The summed E-state index contributed by atoms with van der Waals surface area (Å²) in [6, 6.07) is 0.275. The van der Waals surface area contributed by atoms with E-state index in [2.05, 4.69) is 13.8 Å². The highest BCUT2D eigenvalue weighted by atomic mass is 32.2. The SMILES string of the molecule is CCC(C)C1CN1S(=O)(=O)C(C)C. The second kappa shape index (κ2) is 3.58. The molecule has 3 atom stereocenters. The number of sulfonamides is 1. The maximum Gasteiger partial charge on any atom is 0.216 e. The molecular weight excluding hydrogens is 186 g/mol. The lowest BCUT2D eigenvalue weighted by Gasteiger charge is -2.11. The van der Waals surface area contributed by atoms with Gasteiger partial charge in [0.05, 0.1) is 5.25 Å². The Labute approximate surface area is 81.2 Å². The molecule has 0 spiro atoms. The van der Waals surface area contributed by atoms with Crippen LogP contribution in [0.3, 0.4) is 0 Å². The molecule has 0 aliphatic carbocycles. The second-order valence-corrected chi connectivity index (χ2v) is 6.56. The van der Waals surface area contributed by atoms with Crippen molar-refractivity contribution in [1.29, 1.82) is 0 Å². The van der Waals surface area contributed by atoms with Crippen LogP contribution in [0.4, 0.5) is 0 Å². The molecule has 3 unspecified atom stereocenters. The Hall–Kier alpha value is -0.0900. The third kappa shape index (κ3) is 2.05. The van der Waals surface area contributed by atoms with Gasteiger partial charge in [-0.25, -0.2) is 8.42 Å². The molecule has 0 amide bonds. The fourth-order valence-corrected chi connectivity index (χ4v) is 2.92. The van der Waals surface area contributed by atoms with E-state index in [9.17, 15) is 8.42 Å². The number of hydrogen-bond donors (Lipinski definition) is 0. The summed E-state index contributed by atoms with van der Waals surface area (Å²) in [6.07, 6.45) is 1.05. The lowest BCUT2D eigenvalue weighted by molar-refractivity contribution is 0.481. The van der Waals surface area contributed by atoms with Crippen molar-refractivity contribution in [1.82, 2.24) is 4.31 Å². The average Bonchev–Trinajstić information content (AvgIpc) is 2.81. The zero-order valence-electron chi connectivity index (χ0n) is 8.82. The molecule has 1 rings (SSSR count). The number of hydrogen-bond acceptors (Lipinski definition) is 2. The van der Waals surface area contributed by atoms with Gasteiger partial charge in [0, 0.05) is 12.6 Å². The molecule has 78 valence electrons. The standard InChI is InChI=1S/C9H19NO2S/c1-5-8(4)9-6-10(9)13(11,12)7(2)3/h7-9H,5-6H2,1-4H3. The van der Waals surface area contributed by atoms with E-state index in [4.69, 9.17) is 0 Å². The molecule has 1 heterocycles. The number of nitrogens with zero attached hydrogens (tertiary/aromatic N) is 1. The van der Waals surface area contributed by atoms with Gasteiger partial charge in [-0.15, -0.1) is 0 Å². The molecule has 0 radical (unpaired) electrons. The Balaban J connectivity index is 2.61. The van der Waals surface area contributed by atoms with Gasteiger partial charge in [-0.3, -0.25) is 0 Å². The van der Waals surface area contributed by atoms with Crippen molar-refractivity contribution >= 4 is 10.0 Å². The first-order chi connectivity index (χ1) is 5.91. The topological polar surface area (TPSA) is 37.1 Å². The molecule has 4 heteroatoms. The summed E-state index contributed by atoms with van der Waals surface area (Å²) >= 11 is 0. The van der Waals surface area contributed by atoms with Crippen molar-refractivity contribution in [2.45, 2.75) is 45.4 Å². The zero-order valence-corrected chi connectivity index (χ0v) is 9.63. The van der Waals surface area contributed by atoms with Crippen LogP contribution in [0.5, 0.6) is 0 Å². The van der Waals surface area contributed by atoms with Crippen molar-refractivity contribution in [3.63, 3.8) is 0 Å². The summed E-state index contributed by atoms with van der Waals surface area (Å²) in [5.41, 5.74) is 0. The van der Waals surface area contributed by atoms with Crippen LogP contribution >= 0.6 is 0 Å². The van der Waals surface area contributed by atoms with E-state index in [0.29, 0.717) is 5.92 Å². The Bertz CT molecular complexity index is 271. The van der Waals surface area contributed by atoms with Crippen LogP contribution in [-0.4, -0.2) is 30.6 Å². The molecule has 0 aromatic rings. The highest BCUT2D eigenvalue weighted by molar-refractivity contribution is 7.89. The maximum atomic E-state index is 11.6. The molecule has 0 saturated carbocycles. The van der Waals surface area contributed by atoms with E-state index in [1.165, 1.54) is 0 Å². The molecule has 0 aromatic carbocycles. The predicted molar refractivity (Wildman–Crippen MR) is 54.0 cm³/mol. The van der Waals surface area contributed by atoms with Crippen molar-refractivity contribution in [2.24, 2.45) is 5.92 Å². The van der Waals surface area contributed by atoms with Gasteiger partial charge in [0.1, 0.15) is 0 Å². The minimum Gasteiger partial charge on any atom is -0.212 e. The van der Waals surface area contributed by atoms with Crippen LogP contribution < -0.4 is 0 Å². The fourth-order valence-electron chi connectivity index (χ4n) is 1.44. The summed E-state index contributed by atoms with van der Waals surface area (Å²) in [5, 5.41) is -0.276. The summed E-state index contributed by atoms with van der Waals surface area (Å²) in [5.74, 6) is 0.494. The van der Waals surface area contributed by atoms with Gasteiger partial charge in [-0.1, -0.05) is 20.3 Å². The molecule has 1 aliphatic rings. The van der Waals surface area contributed by atoms with E-state index in [1.54, 1.807) is 18.2 Å². The van der Waals surface area contributed by atoms with Gasteiger partial charge in [-0.2, -0.15) is 4.31 Å². The molecule has 0 bridgehead atoms. The Morgan fingerprint density at radius 3 is 2.31 bits per heavy atom. The summed E-state index contributed by atoms with van der Waals surface area (Å²) in [4.78, 5) is 0. The fraction of sp³-hybridized carbons (Fsp3) is 1.00. The summed E-state index contributed by atoms with van der Waals surface area (Å²) in [7, 11) is -2.97. The van der Waals surface area contributed by atoms with Crippen LogP contribution in [0.2, 0.25) is 0 Å². The van der Waals surface area contributed by atoms with E-state index in [1.807, 2.05) is 0 Å². The Kier molecular flexibility index (Phi) is 3.02. The molecule has 1 saturated heterocycles. The average molecular weight is 205 g/mol. The van der Waals surface area contributed by atoms with Crippen molar-refractivity contribution in [3.05, 3.63) is 0 Å². The van der Waals surface area contributed by atoms with E-state index >= 15 is 0 Å². The second-order valence-electron chi connectivity index (χ2n) is 4.12. The molecular formula is C9H19NO2S. The quantitative estimate of drug-likeness (QED) is 0.651. The largest absolute Gasteiger partial charge is 0.216 e. The molecule has 0 N–H and O–H groups in total. The van der Waals surface area contributed by atoms with Crippen LogP contribution in [-0.2, 0) is 10.0 Å². The monoisotopic (exact) mass is 205 g/mol.